The first-order chi connectivity index (χ1) is 7.27. The molecular weight excluding hydrogens is 201 g/mol. The van der Waals surface area contributed by atoms with Gasteiger partial charge in [0.05, 0.1) is 16.6 Å². The first kappa shape index (κ1) is 12.4. The highest BCUT2D eigenvalue weighted by molar-refractivity contribution is 6.49. The lowest BCUT2D eigenvalue weighted by Crippen LogP contribution is -2.58. The van der Waals surface area contributed by atoms with Gasteiger partial charge in [0.15, 0.2) is 0 Å². The summed E-state index contributed by atoms with van der Waals surface area (Å²) in [6.45, 7) is 11.7. The van der Waals surface area contributed by atoms with Gasteiger partial charge in [-0.3, -0.25) is 0 Å². The van der Waals surface area contributed by atoms with E-state index >= 15 is 0 Å². The first-order valence-corrected chi connectivity index (χ1v) is 6.38. The molecule has 0 aliphatic carbocycles. The van der Waals surface area contributed by atoms with Crippen molar-refractivity contribution < 1.29 is 9.31 Å². The highest BCUT2D eigenvalue weighted by Crippen LogP contribution is 2.41. The predicted octanol–water partition coefficient (Wildman–Crippen LogP) is 2.15. The summed E-state index contributed by atoms with van der Waals surface area (Å²) in [7, 11) is -0.127. The van der Waals surface area contributed by atoms with Gasteiger partial charge < -0.3 is 14.6 Å². The van der Waals surface area contributed by atoms with Crippen molar-refractivity contribution in [2.24, 2.45) is 0 Å². The van der Waals surface area contributed by atoms with Gasteiger partial charge in [-0.25, -0.2) is 0 Å². The average Bonchev–Trinajstić information content (AvgIpc) is 2.38. The van der Waals surface area contributed by atoms with Gasteiger partial charge in [0.25, 0.3) is 0 Å². The van der Waals surface area contributed by atoms with E-state index in [-0.39, 0.29) is 23.8 Å². The van der Waals surface area contributed by atoms with E-state index in [4.69, 9.17) is 9.31 Å². The minimum Gasteiger partial charge on any atom is -0.402 e. The maximum absolute atomic E-state index is 6.12. The summed E-state index contributed by atoms with van der Waals surface area (Å²) in [6.07, 6.45) is 3.65. The molecule has 4 heteroatoms. The molecule has 2 rings (SSSR count). The monoisotopic (exact) mass is 225 g/mol. The second-order valence-electron chi connectivity index (χ2n) is 6.39. The van der Waals surface area contributed by atoms with Crippen molar-refractivity contribution in [3.05, 3.63) is 0 Å². The zero-order valence-corrected chi connectivity index (χ0v) is 11.2. The number of hydrogen-bond donors (Lipinski definition) is 1. The molecule has 16 heavy (non-hydrogen) atoms. The Hall–Kier alpha value is -0.0551. The van der Waals surface area contributed by atoms with Crippen LogP contribution in [-0.2, 0) is 9.31 Å². The summed E-state index contributed by atoms with van der Waals surface area (Å²) < 4.78 is 12.2. The van der Waals surface area contributed by atoms with E-state index < -0.39 is 0 Å². The average molecular weight is 225 g/mol. The van der Waals surface area contributed by atoms with Gasteiger partial charge in [-0.2, -0.15) is 0 Å². The van der Waals surface area contributed by atoms with Gasteiger partial charge in [0.2, 0.25) is 0 Å². The molecule has 2 aliphatic heterocycles. The largest absolute Gasteiger partial charge is 0.479 e. The fraction of sp³-hybridized carbons (Fsp3) is 1.00. The Morgan fingerprint density at radius 3 is 1.94 bits per heavy atom. The second kappa shape index (κ2) is 3.72. The Bertz CT molecular complexity index is 256. The standard InChI is InChI=1S/C12H24BNO2/c1-10(2)11(3,4)16-13(15-10)12(5)8-6-7-9-14-12/h14H,6-9H2,1-5H3. The van der Waals surface area contributed by atoms with Crippen molar-refractivity contribution in [2.75, 3.05) is 6.54 Å². The molecule has 0 bridgehead atoms. The number of rotatable bonds is 1. The van der Waals surface area contributed by atoms with Crippen LogP contribution < -0.4 is 5.32 Å². The summed E-state index contributed by atoms with van der Waals surface area (Å²) in [5.41, 5.74) is -0.469. The molecule has 0 radical (unpaired) electrons. The van der Waals surface area contributed by atoms with Crippen molar-refractivity contribution in [1.29, 1.82) is 0 Å². The Morgan fingerprint density at radius 1 is 0.938 bits per heavy atom. The van der Waals surface area contributed by atoms with Crippen LogP contribution in [0, 0.1) is 0 Å². The van der Waals surface area contributed by atoms with Crippen LogP contribution in [0.15, 0.2) is 0 Å². The number of piperidine rings is 1. The Balaban J connectivity index is 2.13. The van der Waals surface area contributed by atoms with Gasteiger partial charge in [0, 0.05) is 0 Å². The van der Waals surface area contributed by atoms with Gasteiger partial charge in [-0.05, 0) is 54.0 Å². The van der Waals surface area contributed by atoms with Crippen molar-refractivity contribution in [3.63, 3.8) is 0 Å². The van der Waals surface area contributed by atoms with Gasteiger partial charge >= 0.3 is 7.12 Å². The molecule has 92 valence electrons. The molecule has 0 aromatic heterocycles. The molecule has 0 aromatic carbocycles. The smallest absolute Gasteiger partial charge is 0.402 e. The highest BCUT2D eigenvalue weighted by atomic mass is 16.7. The summed E-state index contributed by atoms with van der Waals surface area (Å²) >= 11 is 0. The lowest BCUT2D eigenvalue weighted by atomic mass is 9.61. The third kappa shape index (κ3) is 1.91. The maximum atomic E-state index is 6.12. The molecule has 1 atom stereocenters. The SMILES string of the molecule is CC1(B2OC(C)(C)C(C)(C)O2)CCCCN1. The molecule has 2 aliphatic rings. The van der Waals surface area contributed by atoms with E-state index in [0.717, 1.165) is 13.0 Å². The van der Waals surface area contributed by atoms with Crippen molar-refractivity contribution in [3.8, 4) is 0 Å². The summed E-state index contributed by atoms with van der Waals surface area (Å²) in [6, 6.07) is 0. The van der Waals surface area contributed by atoms with E-state index in [0.29, 0.717) is 0 Å². The summed E-state index contributed by atoms with van der Waals surface area (Å²) in [5, 5.41) is 3.56. The van der Waals surface area contributed by atoms with Crippen molar-refractivity contribution >= 4 is 7.12 Å². The second-order valence-corrected chi connectivity index (χ2v) is 6.39. The van der Waals surface area contributed by atoms with Crippen molar-refractivity contribution in [1.82, 2.24) is 5.32 Å². The molecule has 0 spiro atoms. The van der Waals surface area contributed by atoms with E-state index in [1.54, 1.807) is 0 Å². The molecule has 2 saturated heterocycles. The van der Waals surface area contributed by atoms with E-state index in [1.807, 2.05) is 0 Å². The molecule has 0 aromatic rings. The van der Waals surface area contributed by atoms with Crippen LogP contribution in [0.25, 0.3) is 0 Å². The lowest BCUT2D eigenvalue weighted by Gasteiger charge is -2.36. The molecule has 3 nitrogen and oxygen atoms in total. The third-order valence-corrected chi connectivity index (χ3v) is 4.43. The zero-order valence-electron chi connectivity index (χ0n) is 11.2. The maximum Gasteiger partial charge on any atom is 0.479 e. The van der Waals surface area contributed by atoms with Gasteiger partial charge in [0.1, 0.15) is 0 Å². The van der Waals surface area contributed by atoms with Gasteiger partial charge in [-0.1, -0.05) is 6.42 Å². The normalized spacial score (nSPS) is 37.7. The Kier molecular flexibility index (Phi) is 2.88. The van der Waals surface area contributed by atoms with E-state index in [1.165, 1.54) is 12.8 Å². The van der Waals surface area contributed by atoms with E-state index in [2.05, 4.69) is 39.9 Å². The Morgan fingerprint density at radius 2 is 1.50 bits per heavy atom. The molecular formula is C12H24BNO2. The van der Waals surface area contributed by atoms with Gasteiger partial charge in [-0.15, -0.1) is 0 Å². The van der Waals surface area contributed by atoms with Crippen molar-refractivity contribution in [2.45, 2.75) is 70.5 Å². The molecule has 1 N–H and O–H groups in total. The van der Waals surface area contributed by atoms with Crippen LogP contribution in [0.4, 0.5) is 0 Å². The van der Waals surface area contributed by atoms with E-state index in [9.17, 15) is 0 Å². The number of nitrogens with one attached hydrogen (secondary N) is 1. The fourth-order valence-electron chi connectivity index (χ4n) is 2.38. The predicted molar refractivity (Wildman–Crippen MR) is 66.3 cm³/mol. The summed E-state index contributed by atoms with van der Waals surface area (Å²) in [4.78, 5) is 0. The van der Waals surface area contributed by atoms with Crippen LogP contribution >= 0.6 is 0 Å². The highest BCUT2D eigenvalue weighted by Gasteiger charge is 2.57. The topological polar surface area (TPSA) is 30.5 Å². The minimum absolute atomic E-state index is 0.0245. The van der Waals surface area contributed by atoms with Crippen LogP contribution in [0.3, 0.4) is 0 Å². The van der Waals surface area contributed by atoms with Crippen LogP contribution in [-0.4, -0.2) is 30.3 Å². The number of hydrogen-bond acceptors (Lipinski definition) is 3. The quantitative estimate of drug-likeness (QED) is 0.693. The molecule has 2 fully saturated rings. The van der Waals surface area contributed by atoms with Crippen LogP contribution in [0.2, 0.25) is 0 Å². The summed E-state index contributed by atoms with van der Waals surface area (Å²) in [5.74, 6) is 0. The Labute approximate surface area is 99.4 Å². The molecule has 0 amide bonds. The molecule has 2 heterocycles. The first-order valence-electron chi connectivity index (χ1n) is 6.38. The zero-order chi connectivity index (χ0) is 12.0. The van der Waals surface area contributed by atoms with Crippen LogP contribution in [0.5, 0.6) is 0 Å². The third-order valence-electron chi connectivity index (χ3n) is 4.43. The van der Waals surface area contributed by atoms with Crippen LogP contribution in [0.1, 0.15) is 53.9 Å². The molecule has 0 saturated carbocycles. The molecule has 1 unspecified atom stereocenters. The fourth-order valence-corrected chi connectivity index (χ4v) is 2.38. The minimum atomic E-state index is -0.222. The lowest BCUT2D eigenvalue weighted by molar-refractivity contribution is 0.00578.